The van der Waals surface area contributed by atoms with Gasteiger partial charge in [-0.1, -0.05) is 6.42 Å². The third-order valence-corrected chi connectivity index (χ3v) is 2.44. The molecular formula is C9H13IN2O2. The Morgan fingerprint density at radius 3 is 2.86 bits per heavy atom. The molecule has 1 rings (SSSR count). The quantitative estimate of drug-likeness (QED) is 0.647. The van der Waals surface area contributed by atoms with Crippen LogP contribution in [0.15, 0.2) is 12.4 Å². The number of carbonyl (C=O) groups is 1. The number of carboxylic acid groups (broad SMARTS) is 1. The summed E-state index contributed by atoms with van der Waals surface area (Å²) in [4.78, 5) is 10.2. The highest BCUT2D eigenvalue weighted by Crippen LogP contribution is 2.05. The average Bonchev–Trinajstić information content (AvgIpc) is 2.50. The van der Waals surface area contributed by atoms with Crippen LogP contribution >= 0.6 is 22.6 Å². The molecule has 4 nitrogen and oxygen atoms in total. The molecule has 1 aromatic heterocycles. The van der Waals surface area contributed by atoms with E-state index in [2.05, 4.69) is 27.7 Å². The molecule has 0 amide bonds. The number of carboxylic acids is 1. The zero-order valence-electron chi connectivity index (χ0n) is 7.82. The fourth-order valence-corrected chi connectivity index (χ4v) is 1.63. The van der Waals surface area contributed by atoms with Crippen molar-refractivity contribution >= 4 is 28.6 Å². The van der Waals surface area contributed by atoms with Crippen molar-refractivity contribution in [1.82, 2.24) is 9.78 Å². The highest BCUT2D eigenvalue weighted by molar-refractivity contribution is 14.1. The lowest BCUT2D eigenvalue weighted by molar-refractivity contribution is -0.137. The first-order valence-corrected chi connectivity index (χ1v) is 5.66. The first kappa shape index (κ1) is 11.5. The molecule has 1 N–H and O–H groups in total. The predicted molar refractivity (Wildman–Crippen MR) is 61.0 cm³/mol. The van der Waals surface area contributed by atoms with Gasteiger partial charge in [-0.15, -0.1) is 0 Å². The van der Waals surface area contributed by atoms with Crippen LogP contribution in [0.5, 0.6) is 0 Å². The second-order valence-corrected chi connectivity index (χ2v) is 4.37. The lowest BCUT2D eigenvalue weighted by Crippen LogP contribution is -1.99. The summed E-state index contributed by atoms with van der Waals surface area (Å²) < 4.78 is 3.02. The van der Waals surface area contributed by atoms with Crippen molar-refractivity contribution in [3.05, 3.63) is 16.0 Å². The number of halogens is 1. The van der Waals surface area contributed by atoms with Gasteiger partial charge in [-0.25, -0.2) is 0 Å². The number of rotatable bonds is 6. The molecule has 0 aromatic carbocycles. The number of unbranched alkanes of at least 4 members (excludes halogenated alkanes) is 2. The molecule has 0 aliphatic carbocycles. The molecule has 0 atom stereocenters. The number of aromatic nitrogens is 2. The third kappa shape index (κ3) is 4.59. The van der Waals surface area contributed by atoms with Crippen LogP contribution in [0.25, 0.3) is 0 Å². The Morgan fingerprint density at radius 2 is 2.29 bits per heavy atom. The van der Waals surface area contributed by atoms with Crippen LogP contribution in [0.4, 0.5) is 0 Å². The molecule has 0 fully saturated rings. The Bertz CT molecular complexity index is 299. The Hall–Kier alpha value is -0.590. The largest absolute Gasteiger partial charge is 0.481 e. The second-order valence-electron chi connectivity index (χ2n) is 3.13. The molecule has 0 saturated heterocycles. The highest BCUT2D eigenvalue weighted by atomic mass is 127. The summed E-state index contributed by atoms with van der Waals surface area (Å²) >= 11 is 2.22. The van der Waals surface area contributed by atoms with E-state index in [1.807, 2.05) is 17.1 Å². The average molecular weight is 308 g/mol. The topological polar surface area (TPSA) is 55.1 Å². The van der Waals surface area contributed by atoms with Gasteiger partial charge in [-0.05, 0) is 35.4 Å². The molecule has 0 unspecified atom stereocenters. The zero-order valence-corrected chi connectivity index (χ0v) is 9.98. The molecule has 78 valence electrons. The smallest absolute Gasteiger partial charge is 0.303 e. The van der Waals surface area contributed by atoms with Crippen molar-refractivity contribution in [1.29, 1.82) is 0 Å². The standard InChI is InChI=1S/C9H13IN2O2/c10-8-6-11-12(7-8)5-3-1-2-4-9(13)14/h6-7H,1-5H2,(H,13,14). The van der Waals surface area contributed by atoms with Gasteiger partial charge in [0.15, 0.2) is 0 Å². The fraction of sp³-hybridized carbons (Fsp3) is 0.556. The van der Waals surface area contributed by atoms with Gasteiger partial charge in [0.2, 0.25) is 0 Å². The molecule has 0 aliphatic heterocycles. The van der Waals surface area contributed by atoms with E-state index in [-0.39, 0.29) is 6.42 Å². The van der Waals surface area contributed by atoms with E-state index in [1.165, 1.54) is 0 Å². The van der Waals surface area contributed by atoms with Gasteiger partial charge in [0.1, 0.15) is 0 Å². The van der Waals surface area contributed by atoms with Gasteiger partial charge < -0.3 is 5.11 Å². The van der Waals surface area contributed by atoms with Gasteiger partial charge in [-0.2, -0.15) is 5.10 Å². The number of aliphatic carboxylic acids is 1. The monoisotopic (exact) mass is 308 g/mol. The Morgan fingerprint density at radius 1 is 1.50 bits per heavy atom. The van der Waals surface area contributed by atoms with Gasteiger partial charge in [0.05, 0.1) is 9.77 Å². The van der Waals surface area contributed by atoms with Gasteiger partial charge in [-0.3, -0.25) is 9.48 Å². The summed E-state index contributed by atoms with van der Waals surface area (Å²) in [7, 11) is 0. The second kappa shape index (κ2) is 6.00. The summed E-state index contributed by atoms with van der Waals surface area (Å²) in [6.45, 7) is 0.878. The predicted octanol–water partition coefficient (Wildman–Crippen LogP) is 2.13. The molecule has 1 aromatic rings. The normalized spacial score (nSPS) is 10.4. The third-order valence-electron chi connectivity index (χ3n) is 1.88. The Kier molecular flexibility index (Phi) is 4.92. The van der Waals surface area contributed by atoms with Crippen molar-refractivity contribution in [2.24, 2.45) is 0 Å². The van der Waals surface area contributed by atoms with Crippen LogP contribution in [0.1, 0.15) is 25.7 Å². The Balaban J connectivity index is 2.07. The van der Waals surface area contributed by atoms with Crippen LogP contribution in [0.3, 0.4) is 0 Å². The number of hydrogen-bond acceptors (Lipinski definition) is 2. The lowest BCUT2D eigenvalue weighted by atomic mass is 10.2. The molecule has 1 heterocycles. The minimum atomic E-state index is -0.710. The molecular weight excluding hydrogens is 295 g/mol. The minimum absolute atomic E-state index is 0.274. The zero-order chi connectivity index (χ0) is 10.4. The molecule has 0 saturated carbocycles. The van der Waals surface area contributed by atoms with E-state index in [9.17, 15) is 4.79 Å². The van der Waals surface area contributed by atoms with Crippen molar-refractivity contribution in [3.8, 4) is 0 Å². The molecule has 0 radical (unpaired) electrons. The Labute approximate surface area is 96.4 Å². The molecule has 0 aliphatic rings. The van der Waals surface area contributed by atoms with E-state index in [0.717, 1.165) is 29.4 Å². The van der Waals surface area contributed by atoms with E-state index >= 15 is 0 Å². The van der Waals surface area contributed by atoms with Crippen LogP contribution in [0.2, 0.25) is 0 Å². The summed E-state index contributed by atoms with van der Waals surface area (Å²) in [5, 5.41) is 12.6. The van der Waals surface area contributed by atoms with E-state index in [1.54, 1.807) is 0 Å². The first-order valence-electron chi connectivity index (χ1n) is 4.58. The summed E-state index contributed by atoms with van der Waals surface area (Å²) in [5.74, 6) is -0.710. The van der Waals surface area contributed by atoms with Crippen molar-refractivity contribution in [2.75, 3.05) is 0 Å². The van der Waals surface area contributed by atoms with Crippen LogP contribution in [-0.4, -0.2) is 20.9 Å². The van der Waals surface area contributed by atoms with Gasteiger partial charge in [0.25, 0.3) is 0 Å². The number of hydrogen-bond donors (Lipinski definition) is 1. The van der Waals surface area contributed by atoms with Crippen LogP contribution in [0, 0.1) is 3.57 Å². The summed E-state index contributed by atoms with van der Waals surface area (Å²) in [5.41, 5.74) is 0. The molecule has 0 bridgehead atoms. The van der Waals surface area contributed by atoms with E-state index in [0.29, 0.717) is 0 Å². The number of aryl methyl sites for hydroxylation is 1. The van der Waals surface area contributed by atoms with Crippen LogP contribution in [-0.2, 0) is 11.3 Å². The molecule has 0 spiro atoms. The van der Waals surface area contributed by atoms with Crippen molar-refractivity contribution in [2.45, 2.75) is 32.2 Å². The maximum atomic E-state index is 10.2. The highest BCUT2D eigenvalue weighted by Gasteiger charge is 1.97. The number of nitrogens with zero attached hydrogens (tertiary/aromatic N) is 2. The van der Waals surface area contributed by atoms with Gasteiger partial charge >= 0.3 is 5.97 Å². The first-order chi connectivity index (χ1) is 6.68. The van der Waals surface area contributed by atoms with Crippen LogP contribution < -0.4 is 0 Å². The van der Waals surface area contributed by atoms with Crippen molar-refractivity contribution < 1.29 is 9.90 Å². The molecule has 5 heteroatoms. The van der Waals surface area contributed by atoms with Crippen molar-refractivity contribution in [3.63, 3.8) is 0 Å². The fourth-order valence-electron chi connectivity index (χ4n) is 1.19. The SMILES string of the molecule is O=C(O)CCCCCn1cc(I)cn1. The summed E-state index contributed by atoms with van der Waals surface area (Å²) in [6.07, 6.45) is 6.77. The molecule has 14 heavy (non-hydrogen) atoms. The maximum Gasteiger partial charge on any atom is 0.303 e. The minimum Gasteiger partial charge on any atom is -0.481 e. The maximum absolute atomic E-state index is 10.2. The van der Waals surface area contributed by atoms with E-state index in [4.69, 9.17) is 5.11 Å². The van der Waals surface area contributed by atoms with E-state index < -0.39 is 5.97 Å². The van der Waals surface area contributed by atoms with Gasteiger partial charge in [0, 0.05) is 19.2 Å². The summed E-state index contributed by atoms with van der Waals surface area (Å²) in [6, 6.07) is 0. The lowest BCUT2D eigenvalue weighted by Gasteiger charge is -1.99.